The minimum Gasteiger partial charge on any atom is -0.497 e. The number of nitrogens with zero attached hydrogens (tertiary/aromatic N) is 2. The molecule has 0 N–H and O–H groups in total. The van der Waals surface area contributed by atoms with E-state index in [1.54, 1.807) is 7.11 Å². The summed E-state index contributed by atoms with van der Waals surface area (Å²) in [5.41, 5.74) is 0.533. The second-order valence-corrected chi connectivity index (χ2v) is 4.61. The first kappa shape index (κ1) is 11.9. The highest BCUT2D eigenvalue weighted by molar-refractivity contribution is 5.35. The molecule has 90 valence electrons. The summed E-state index contributed by atoms with van der Waals surface area (Å²) in [6.45, 7) is 4.02. The summed E-state index contributed by atoms with van der Waals surface area (Å²) in [7, 11) is 1.65. The van der Waals surface area contributed by atoms with E-state index >= 15 is 0 Å². The van der Waals surface area contributed by atoms with Gasteiger partial charge in [0.25, 0.3) is 0 Å². The van der Waals surface area contributed by atoms with Gasteiger partial charge in [0, 0.05) is 0 Å². The number of rotatable bonds is 3. The van der Waals surface area contributed by atoms with Gasteiger partial charge in [0.05, 0.1) is 13.2 Å². The van der Waals surface area contributed by atoms with Crippen molar-refractivity contribution < 1.29 is 4.74 Å². The Bertz CT molecular complexity index is 415. The van der Waals surface area contributed by atoms with E-state index in [-0.39, 0.29) is 0 Å². The highest BCUT2D eigenvalue weighted by Crippen LogP contribution is 2.31. The number of methoxy groups -OCH3 is 1. The van der Waals surface area contributed by atoms with Gasteiger partial charge in [-0.05, 0) is 50.6 Å². The topological polar surface area (TPSA) is 36.3 Å². The molecular formula is C14H18N2O. The SMILES string of the molecule is COc1ccc(C(C)(C#N)N2CCCC2)cc1. The van der Waals surface area contributed by atoms with E-state index in [1.807, 2.05) is 31.2 Å². The van der Waals surface area contributed by atoms with Gasteiger partial charge in [0.1, 0.15) is 11.3 Å². The molecule has 1 unspecified atom stereocenters. The summed E-state index contributed by atoms with van der Waals surface area (Å²) in [4.78, 5) is 2.26. The third-order valence-electron chi connectivity index (χ3n) is 3.61. The minimum atomic E-state index is -0.511. The zero-order valence-electron chi connectivity index (χ0n) is 10.4. The molecule has 0 aliphatic carbocycles. The summed E-state index contributed by atoms with van der Waals surface area (Å²) in [6, 6.07) is 10.3. The van der Waals surface area contributed by atoms with Crippen molar-refractivity contribution in [1.29, 1.82) is 5.26 Å². The summed E-state index contributed by atoms with van der Waals surface area (Å²) in [6.07, 6.45) is 2.38. The Morgan fingerprint density at radius 2 is 1.82 bits per heavy atom. The smallest absolute Gasteiger partial charge is 0.131 e. The monoisotopic (exact) mass is 230 g/mol. The molecule has 1 aliphatic heterocycles. The molecule has 17 heavy (non-hydrogen) atoms. The number of hydrogen-bond acceptors (Lipinski definition) is 3. The van der Waals surface area contributed by atoms with Crippen LogP contribution in [0.4, 0.5) is 0 Å². The Kier molecular flexibility index (Phi) is 3.35. The molecule has 0 bridgehead atoms. The fourth-order valence-electron chi connectivity index (χ4n) is 2.40. The fourth-order valence-corrected chi connectivity index (χ4v) is 2.40. The quantitative estimate of drug-likeness (QED) is 0.800. The van der Waals surface area contributed by atoms with E-state index in [9.17, 15) is 5.26 Å². The van der Waals surface area contributed by atoms with Crippen LogP contribution in [0.1, 0.15) is 25.3 Å². The Morgan fingerprint density at radius 3 is 2.29 bits per heavy atom. The first-order valence-corrected chi connectivity index (χ1v) is 6.01. The van der Waals surface area contributed by atoms with E-state index < -0.39 is 5.54 Å². The molecule has 0 spiro atoms. The van der Waals surface area contributed by atoms with Crippen LogP contribution in [0, 0.1) is 11.3 Å². The van der Waals surface area contributed by atoms with Gasteiger partial charge >= 0.3 is 0 Å². The summed E-state index contributed by atoms with van der Waals surface area (Å²) >= 11 is 0. The summed E-state index contributed by atoms with van der Waals surface area (Å²) in [5, 5.41) is 9.50. The Hall–Kier alpha value is -1.53. The lowest BCUT2D eigenvalue weighted by Gasteiger charge is -2.32. The molecule has 1 saturated heterocycles. The van der Waals surface area contributed by atoms with Crippen molar-refractivity contribution in [3.63, 3.8) is 0 Å². The number of benzene rings is 1. The van der Waals surface area contributed by atoms with Crippen molar-refractivity contribution in [3.8, 4) is 11.8 Å². The number of ether oxygens (including phenoxy) is 1. The largest absolute Gasteiger partial charge is 0.497 e. The van der Waals surface area contributed by atoms with E-state index in [1.165, 1.54) is 12.8 Å². The Morgan fingerprint density at radius 1 is 1.24 bits per heavy atom. The van der Waals surface area contributed by atoms with E-state index in [2.05, 4.69) is 11.0 Å². The van der Waals surface area contributed by atoms with Crippen LogP contribution in [0.25, 0.3) is 0 Å². The molecule has 1 aromatic carbocycles. The van der Waals surface area contributed by atoms with E-state index in [4.69, 9.17) is 4.74 Å². The van der Waals surface area contributed by atoms with Gasteiger partial charge < -0.3 is 4.74 Å². The lowest BCUT2D eigenvalue weighted by Crippen LogP contribution is -2.40. The molecule has 0 radical (unpaired) electrons. The van der Waals surface area contributed by atoms with Crippen LogP contribution in [0.3, 0.4) is 0 Å². The summed E-state index contributed by atoms with van der Waals surface area (Å²) in [5.74, 6) is 0.829. The number of hydrogen-bond donors (Lipinski definition) is 0. The predicted molar refractivity (Wildman–Crippen MR) is 66.8 cm³/mol. The van der Waals surface area contributed by atoms with Gasteiger partial charge in [-0.15, -0.1) is 0 Å². The van der Waals surface area contributed by atoms with Gasteiger partial charge in [0.2, 0.25) is 0 Å². The molecule has 1 aliphatic rings. The normalized spacial score (nSPS) is 19.6. The van der Waals surface area contributed by atoms with Crippen molar-refractivity contribution in [2.75, 3.05) is 20.2 Å². The zero-order valence-corrected chi connectivity index (χ0v) is 10.4. The maximum atomic E-state index is 9.50. The standard InChI is InChI=1S/C14H18N2O/c1-14(11-15,16-9-3-4-10-16)12-5-7-13(17-2)8-6-12/h5-8H,3-4,9-10H2,1-2H3. The number of nitriles is 1. The molecule has 0 amide bonds. The molecule has 1 fully saturated rings. The van der Waals surface area contributed by atoms with Crippen LogP contribution in [-0.4, -0.2) is 25.1 Å². The predicted octanol–water partition coefficient (Wildman–Crippen LogP) is 2.53. The van der Waals surface area contributed by atoms with Crippen molar-refractivity contribution in [2.24, 2.45) is 0 Å². The van der Waals surface area contributed by atoms with Gasteiger partial charge in [-0.1, -0.05) is 12.1 Å². The van der Waals surface area contributed by atoms with Crippen molar-refractivity contribution in [3.05, 3.63) is 29.8 Å². The lowest BCUT2D eigenvalue weighted by molar-refractivity contribution is 0.193. The maximum Gasteiger partial charge on any atom is 0.131 e. The highest BCUT2D eigenvalue weighted by atomic mass is 16.5. The van der Waals surface area contributed by atoms with Crippen LogP contribution in [0.2, 0.25) is 0 Å². The van der Waals surface area contributed by atoms with Gasteiger partial charge in [-0.3, -0.25) is 4.90 Å². The highest BCUT2D eigenvalue weighted by Gasteiger charge is 2.35. The van der Waals surface area contributed by atoms with Crippen LogP contribution in [0.15, 0.2) is 24.3 Å². The van der Waals surface area contributed by atoms with Crippen LogP contribution in [0.5, 0.6) is 5.75 Å². The van der Waals surface area contributed by atoms with Crippen LogP contribution >= 0.6 is 0 Å². The first-order chi connectivity index (χ1) is 8.20. The lowest BCUT2D eigenvalue weighted by atomic mass is 9.92. The molecule has 3 nitrogen and oxygen atoms in total. The average molecular weight is 230 g/mol. The maximum absolute atomic E-state index is 9.50. The molecule has 2 rings (SSSR count). The van der Waals surface area contributed by atoms with Crippen LogP contribution < -0.4 is 4.74 Å². The average Bonchev–Trinajstić information content (AvgIpc) is 2.92. The molecule has 3 heteroatoms. The Balaban J connectivity index is 2.30. The molecular weight excluding hydrogens is 212 g/mol. The number of likely N-dealkylation sites (tertiary alicyclic amines) is 1. The molecule has 0 saturated carbocycles. The van der Waals surface area contributed by atoms with E-state index in [0.717, 1.165) is 24.4 Å². The van der Waals surface area contributed by atoms with E-state index in [0.29, 0.717) is 0 Å². The second-order valence-electron chi connectivity index (χ2n) is 4.61. The van der Waals surface area contributed by atoms with Gasteiger partial charge in [-0.25, -0.2) is 0 Å². The first-order valence-electron chi connectivity index (χ1n) is 6.01. The molecule has 1 aromatic rings. The van der Waals surface area contributed by atoms with Crippen LogP contribution in [-0.2, 0) is 5.54 Å². The molecule has 0 aromatic heterocycles. The third kappa shape index (κ3) is 2.13. The third-order valence-corrected chi connectivity index (χ3v) is 3.61. The van der Waals surface area contributed by atoms with Crippen molar-refractivity contribution in [2.45, 2.75) is 25.3 Å². The van der Waals surface area contributed by atoms with Crippen molar-refractivity contribution in [1.82, 2.24) is 4.90 Å². The fraction of sp³-hybridized carbons (Fsp3) is 0.500. The second kappa shape index (κ2) is 4.77. The molecule has 1 atom stereocenters. The van der Waals surface area contributed by atoms with Crippen molar-refractivity contribution >= 4 is 0 Å². The van der Waals surface area contributed by atoms with Gasteiger partial charge in [-0.2, -0.15) is 5.26 Å². The Labute approximate surface area is 103 Å². The zero-order chi connectivity index (χ0) is 12.3. The molecule has 1 heterocycles. The minimum absolute atomic E-state index is 0.511. The summed E-state index contributed by atoms with van der Waals surface area (Å²) < 4.78 is 5.14. The van der Waals surface area contributed by atoms with Gasteiger partial charge in [0.15, 0.2) is 0 Å².